The zero-order valence-corrected chi connectivity index (χ0v) is 22.8. The average molecular weight is 512 g/mol. The summed E-state index contributed by atoms with van der Waals surface area (Å²) in [5.41, 5.74) is 6.41. The van der Waals surface area contributed by atoms with Crippen LogP contribution in [0.1, 0.15) is 42.9 Å². The van der Waals surface area contributed by atoms with Crippen molar-refractivity contribution in [2.75, 3.05) is 55.7 Å². The zero-order valence-electron chi connectivity index (χ0n) is 22.8. The molecule has 2 aliphatic rings. The van der Waals surface area contributed by atoms with E-state index in [1.165, 1.54) is 22.4 Å². The molecule has 5 heteroatoms. The van der Waals surface area contributed by atoms with Crippen LogP contribution in [0.4, 0.5) is 11.4 Å². The summed E-state index contributed by atoms with van der Waals surface area (Å²) >= 11 is 0. The summed E-state index contributed by atoms with van der Waals surface area (Å²) < 4.78 is 5.84. The molecule has 0 bridgehead atoms. The number of amides is 1. The van der Waals surface area contributed by atoms with E-state index >= 15 is 0 Å². The highest BCUT2D eigenvalue weighted by molar-refractivity contribution is 5.96. The van der Waals surface area contributed by atoms with Crippen LogP contribution >= 0.6 is 0 Å². The fourth-order valence-corrected chi connectivity index (χ4v) is 5.82. The summed E-state index contributed by atoms with van der Waals surface area (Å²) in [7, 11) is 0. The monoisotopic (exact) mass is 511 g/mol. The van der Waals surface area contributed by atoms with Gasteiger partial charge < -0.3 is 14.5 Å². The second-order valence-electron chi connectivity index (χ2n) is 10.4. The predicted octanol–water partition coefficient (Wildman–Crippen LogP) is 5.75. The van der Waals surface area contributed by atoms with Gasteiger partial charge in [-0.2, -0.15) is 0 Å². The van der Waals surface area contributed by atoms with E-state index in [1.54, 1.807) is 0 Å². The SMILES string of the molecule is CCOc1ccccc1N1CCN(CCCc2ccc3c(c2)CCC(=O)N3CCCc2ccccc2)CC1. The van der Waals surface area contributed by atoms with Gasteiger partial charge in [-0.3, -0.25) is 9.69 Å². The van der Waals surface area contributed by atoms with E-state index < -0.39 is 0 Å². The smallest absolute Gasteiger partial charge is 0.227 e. The second kappa shape index (κ2) is 13.0. The molecular weight excluding hydrogens is 470 g/mol. The molecule has 0 atom stereocenters. The molecule has 0 unspecified atom stereocenters. The quantitative estimate of drug-likeness (QED) is 0.328. The van der Waals surface area contributed by atoms with Crippen molar-refractivity contribution in [2.45, 2.75) is 45.4 Å². The number of ether oxygens (including phenoxy) is 1. The molecule has 0 saturated carbocycles. The van der Waals surface area contributed by atoms with Gasteiger partial charge in [-0.15, -0.1) is 0 Å². The number of carbonyl (C=O) groups excluding carboxylic acids is 1. The number of hydrogen-bond donors (Lipinski definition) is 0. The molecule has 3 aromatic carbocycles. The number of fused-ring (bicyclic) bond motifs is 1. The second-order valence-corrected chi connectivity index (χ2v) is 10.4. The Morgan fingerprint density at radius 2 is 1.47 bits per heavy atom. The number of hydrogen-bond acceptors (Lipinski definition) is 4. The molecule has 5 nitrogen and oxygen atoms in total. The lowest BCUT2D eigenvalue weighted by Gasteiger charge is -2.36. The molecular formula is C33H41N3O2. The van der Waals surface area contributed by atoms with Gasteiger partial charge in [0.2, 0.25) is 5.91 Å². The van der Waals surface area contributed by atoms with Crippen LogP contribution in [-0.2, 0) is 24.1 Å². The summed E-state index contributed by atoms with van der Waals surface area (Å²) in [6, 6.07) is 25.7. The van der Waals surface area contributed by atoms with Crippen LogP contribution in [0.5, 0.6) is 5.75 Å². The van der Waals surface area contributed by atoms with Crippen molar-refractivity contribution in [1.82, 2.24) is 4.90 Å². The van der Waals surface area contributed by atoms with Crippen LogP contribution in [-0.4, -0.2) is 56.7 Å². The van der Waals surface area contributed by atoms with E-state index in [9.17, 15) is 4.79 Å². The van der Waals surface area contributed by atoms with Crippen molar-refractivity contribution in [2.24, 2.45) is 0 Å². The minimum Gasteiger partial charge on any atom is -0.492 e. The molecule has 0 spiro atoms. The Morgan fingerprint density at radius 3 is 2.29 bits per heavy atom. The van der Waals surface area contributed by atoms with Crippen LogP contribution in [0.2, 0.25) is 0 Å². The Morgan fingerprint density at radius 1 is 0.737 bits per heavy atom. The number of benzene rings is 3. The van der Waals surface area contributed by atoms with Crippen LogP contribution in [0.25, 0.3) is 0 Å². The number of nitrogens with zero attached hydrogens (tertiary/aromatic N) is 3. The van der Waals surface area contributed by atoms with Gasteiger partial charge in [0.25, 0.3) is 0 Å². The summed E-state index contributed by atoms with van der Waals surface area (Å²) in [6.07, 6.45) is 5.73. The van der Waals surface area contributed by atoms with E-state index in [0.29, 0.717) is 13.0 Å². The first kappa shape index (κ1) is 26.3. The third-order valence-electron chi connectivity index (χ3n) is 7.85. The molecule has 1 fully saturated rings. The fraction of sp³-hybridized carbons (Fsp3) is 0.424. The summed E-state index contributed by atoms with van der Waals surface area (Å²) in [4.78, 5) is 19.8. The number of piperazine rings is 1. The minimum absolute atomic E-state index is 0.265. The number of rotatable bonds is 11. The van der Waals surface area contributed by atoms with E-state index in [4.69, 9.17) is 4.74 Å². The van der Waals surface area contributed by atoms with Crippen LogP contribution < -0.4 is 14.5 Å². The van der Waals surface area contributed by atoms with Crippen molar-refractivity contribution in [1.29, 1.82) is 0 Å². The molecule has 2 aliphatic heterocycles. The van der Waals surface area contributed by atoms with Gasteiger partial charge in [0.05, 0.1) is 12.3 Å². The van der Waals surface area contributed by atoms with Gasteiger partial charge in [-0.05, 0) is 80.5 Å². The number of aryl methyl sites for hydroxylation is 3. The van der Waals surface area contributed by atoms with Crippen LogP contribution in [0, 0.1) is 0 Å². The Balaban J connectivity index is 1.09. The van der Waals surface area contributed by atoms with Crippen molar-refractivity contribution < 1.29 is 9.53 Å². The van der Waals surface area contributed by atoms with Gasteiger partial charge in [0, 0.05) is 44.8 Å². The maximum atomic E-state index is 12.7. The first-order valence-electron chi connectivity index (χ1n) is 14.4. The van der Waals surface area contributed by atoms with Gasteiger partial charge in [-0.25, -0.2) is 0 Å². The average Bonchev–Trinajstić information content (AvgIpc) is 2.96. The first-order valence-corrected chi connectivity index (χ1v) is 14.4. The lowest BCUT2D eigenvalue weighted by molar-refractivity contribution is -0.118. The van der Waals surface area contributed by atoms with E-state index in [1.807, 2.05) is 17.9 Å². The first-order chi connectivity index (χ1) is 18.7. The Bertz CT molecular complexity index is 1190. The maximum absolute atomic E-state index is 12.7. The standard InChI is InChI=1S/C33H41N3O2/c1-2-38-32-15-7-6-14-31(32)35-24-22-34(23-25-35)20-8-13-28-16-18-30-29(26-28)17-19-33(37)36(30)21-9-12-27-10-4-3-5-11-27/h3-7,10-11,14-16,18,26H,2,8-9,12-13,17,19-25H2,1H3. The maximum Gasteiger partial charge on any atom is 0.227 e. The molecule has 38 heavy (non-hydrogen) atoms. The molecule has 3 aromatic rings. The Kier molecular flexibility index (Phi) is 8.98. The molecule has 0 radical (unpaired) electrons. The summed E-state index contributed by atoms with van der Waals surface area (Å²) in [6.45, 7) is 8.91. The lowest BCUT2D eigenvalue weighted by atomic mass is 9.96. The summed E-state index contributed by atoms with van der Waals surface area (Å²) in [5, 5.41) is 0. The molecule has 1 saturated heterocycles. The highest BCUT2D eigenvalue weighted by Gasteiger charge is 2.24. The fourth-order valence-electron chi connectivity index (χ4n) is 5.82. The van der Waals surface area contributed by atoms with Crippen LogP contribution in [0.15, 0.2) is 72.8 Å². The van der Waals surface area contributed by atoms with Gasteiger partial charge >= 0.3 is 0 Å². The molecule has 0 aliphatic carbocycles. The van der Waals surface area contributed by atoms with Gasteiger partial charge in [-0.1, -0.05) is 54.6 Å². The lowest BCUT2D eigenvalue weighted by Crippen LogP contribution is -2.46. The van der Waals surface area contributed by atoms with Crippen molar-refractivity contribution in [3.8, 4) is 5.75 Å². The highest BCUT2D eigenvalue weighted by atomic mass is 16.5. The highest BCUT2D eigenvalue weighted by Crippen LogP contribution is 2.30. The van der Waals surface area contributed by atoms with E-state index in [2.05, 4.69) is 76.5 Å². The molecule has 2 heterocycles. The summed E-state index contributed by atoms with van der Waals surface area (Å²) in [5.74, 6) is 1.26. The van der Waals surface area contributed by atoms with Crippen LogP contribution in [0.3, 0.4) is 0 Å². The molecule has 5 rings (SSSR count). The Hall–Kier alpha value is -3.31. The normalized spacial score (nSPS) is 16.0. The predicted molar refractivity (Wildman–Crippen MR) is 156 cm³/mol. The van der Waals surface area contributed by atoms with Crippen molar-refractivity contribution in [3.05, 3.63) is 89.5 Å². The van der Waals surface area contributed by atoms with E-state index in [-0.39, 0.29) is 5.91 Å². The van der Waals surface area contributed by atoms with Gasteiger partial charge in [0.15, 0.2) is 0 Å². The number of anilines is 2. The Labute approximate surface area is 228 Å². The number of para-hydroxylation sites is 2. The number of carbonyl (C=O) groups is 1. The topological polar surface area (TPSA) is 36.0 Å². The minimum atomic E-state index is 0.265. The third-order valence-corrected chi connectivity index (χ3v) is 7.85. The molecule has 200 valence electrons. The van der Waals surface area contributed by atoms with Crippen molar-refractivity contribution >= 4 is 17.3 Å². The zero-order chi connectivity index (χ0) is 26.2. The molecule has 0 N–H and O–H groups in total. The van der Waals surface area contributed by atoms with E-state index in [0.717, 1.165) is 82.8 Å². The van der Waals surface area contributed by atoms with Gasteiger partial charge in [0.1, 0.15) is 5.75 Å². The molecule has 0 aromatic heterocycles. The third kappa shape index (κ3) is 6.57. The van der Waals surface area contributed by atoms with Crippen molar-refractivity contribution in [3.63, 3.8) is 0 Å². The largest absolute Gasteiger partial charge is 0.492 e. The molecule has 1 amide bonds.